The molecule has 2 unspecified atom stereocenters. The van der Waals surface area contributed by atoms with E-state index in [1.807, 2.05) is 4.90 Å². The van der Waals surface area contributed by atoms with Crippen LogP contribution in [0.3, 0.4) is 0 Å². The Morgan fingerprint density at radius 3 is 2.56 bits per heavy atom. The van der Waals surface area contributed by atoms with E-state index in [1.165, 1.54) is 6.42 Å². The number of methoxy groups -OCH3 is 1. The first-order valence-corrected chi connectivity index (χ1v) is 7.19. The van der Waals surface area contributed by atoms with Gasteiger partial charge in [-0.25, -0.2) is 0 Å². The lowest BCUT2D eigenvalue weighted by atomic mass is 9.67. The predicted molar refractivity (Wildman–Crippen MR) is 72.2 cm³/mol. The number of amides is 1. The summed E-state index contributed by atoms with van der Waals surface area (Å²) in [5.74, 6) is 1.89. The van der Waals surface area contributed by atoms with Crippen molar-refractivity contribution in [1.29, 1.82) is 0 Å². The van der Waals surface area contributed by atoms with Gasteiger partial charge < -0.3 is 9.64 Å². The van der Waals surface area contributed by atoms with Crippen LogP contribution in [0.5, 0.6) is 0 Å². The van der Waals surface area contributed by atoms with Gasteiger partial charge in [-0.1, -0.05) is 20.8 Å². The zero-order valence-electron chi connectivity index (χ0n) is 12.2. The summed E-state index contributed by atoms with van der Waals surface area (Å²) >= 11 is 0. The highest BCUT2D eigenvalue weighted by atomic mass is 16.5. The van der Waals surface area contributed by atoms with Crippen LogP contribution < -0.4 is 0 Å². The average Bonchev–Trinajstić information content (AvgIpc) is 2.19. The minimum atomic E-state index is 0.257. The Hall–Kier alpha value is -0.570. The average molecular weight is 253 g/mol. The molecule has 1 saturated carbocycles. The fourth-order valence-corrected chi connectivity index (χ4v) is 3.88. The zero-order chi connectivity index (χ0) is 13.3. The Morgan fingerprint density at radius 1 is 1.33 bits per heavy atom. The first-order valence-electron chi connectivity index (χ1n) is 7.19. The van der Waals surface area contributed by atoms with Crippen LogP contribution in [-0.2, 0) is 9.53 Å². The summed E-state index contributed by atoms with van der Waals surface area (Å²) in [4.78, 5) is 14.5. The van der Waals surface area contributed by atoms with E-state index in [1.54, 1.807) is 7.11 Å². The third-order valence-corrected chi connectivity index (χ3v) is 4.41. The Morgan fingerprint density at radius 2 is 2.00 bits per heavy atom. The van der Waals surface area contributed by atoms with Crippen molar-refractivity contribution in [1.82, 2.24) is 4.90 Å². The first kappa shape index (κ1) is 13.9. The predicted octanol–water partition coefficient (Wildman–Crippen LogP) is 2.55. The lowest BCUT2D eigenvalue weighted by molar-refractivity contribution is -0.146. The summed E-state index contributed by atoms with van der Waals surface area (Å²) in [5.41, 5.74) is 0.328. The van der Waals surface area contributed by atoms with Gasteiger partial charge in [-0.2, -0.15) is 0 Å². The Labute approximate surface area is 111 Å². The summed E-state index contributed by atoms with van der Waals surface area (Å²) in [6.07, 6.45) is 3.39. The molecule has 0 radical (unpaired) electrons. The number of carbonyl (C=O) groups is 1. The summed E-state index contributed by atoms with van der Waals surface area (Å²) in [5, 5.41) is 0. The summed E-state index contributed by atoms with van der Waals surface area (Å²) in [7, 11) is 1.73. The van der Waals surface area contributed by atoms with Gasteiger partial charge in [0.1, 0.15) is 0 Å². The van der Waals surface area contributed by atoms with Gasteiger partial charge in [-0.05, 0) is 30.6 Å². The van der Waals surface area contributed by atoms with Gasteiger partial charge in [0.25, 0.3) is 0 Å². The smallest absolute Gasteiger partial charge is 0.225 e. The topological polar surface area (TPSA) is 29.5 Å². The SMILES string of the molecule is COCC1CN(C(=O)C2CC(C)CC(C)(C)C2)C1. The van der Waals surface area contributed by atoms with Gasteiger partial charge in [-0.3, -0.25) is 4.79 Å². The second-order valence-corrected chi connectivity index (χ2v) is 7.17. The molecular weight excluding hydrogens is 226 g/mol. The molecular formula is C15H27NO2. The van der Waals surface area contributed by atoms with Crippen molar-refractivity contribution in [3.05, 3.63) is 0 Å². The maximum atomic E-state index is 12.4. The lowest BCUT2D eigenvalue weighted by Gasteiger charge is -2.44. The van der Waals surface area contributed by atoms with E-state index in [-0.39, 0.29) is 5.92 Å². The number of rotatable bonds is 3. The van der Waals surface area contributed by atoms with Crippen LogP contribution in [0.15, 0.2) is 0 Å². The molecule has 0 aromatic carbocycles. The van der Waals surface area contributed by atoms with Crippen molar-refractivity contribution >= 4 is 5.91 Å². The zero-order valence-corrected chi connectivity index (χ0v) is 12.2. The van der Waals surface area contributed by atoms with E-state index >= 15 is 0 Å². The second kappa shape index (κ2) is 5.20. The second-order valence-electron chi connectivity index (χ2n) is 7.17. The minimum Gasteiger partial charge on any atom is -0.384 e. The van der Waals surface area contributed by atoms with Crippen LogP contribution in [0.2, 0.25) is 0 Å². The molecule has 18 heavy (non-hydrogen) atoms. The number of ether oxygens (including phenoxy) is 1. The molecule has 1 aliphatic heterocycles. The number of carbonyl (C=O) groups excluding carboxylic acids is 1. The van der Waals surface area contributed by atoms with Crippen LogP contribution in [0.1, 0.15) is 40.0 Å². The highest BCUT2D eigenvalue weighted by molar-refractivity contribution is 5.79. The van der Waals surface area contributed by atoms with Gasteiger partial charge in [0.2, 0.25) is 5.91 Å². The maximum Gasteiger partial charge on any atom is 0.225 e. The van der Waals surface area contributed by atoms with Crippen molar-refractivity contribution in [2.24, 2.45) is 23.2 Å². The lowest BCUT2D eigenvalue weighted by Crippen LogP contribution is -2.54. The van der Waals surface area contributed by atoms with Crippen LogP contribution in [0, 0.1) is 23.2 Å². The number of hydrogen-bond donors (Lipinski definition) is 0. The number of hydrogen-bond acceptors (Lipinski definition) is 2. The fourth-order valence-electron chi connectivity index (χ4n) is 3.88. The van der Waals surface area contributed by atoms with E-state index in [0.29, 0.717) is 23.2 Å². The van der Waals surface area contributed by atoms with Crippen molar-refractivity contribution in [2.75, 3.05) is 26.8 Å². The molecule has 1 aliphatic carbocycles. The van der Waals surface area contributed by atoms with E-state index in [0.717, 1.165) is 32.5 Å². The molecule has 2 rings (SSSR count). The third kappa shape index (κ3) is 3.05. The summed E-state index contributed by atoms with van der Waals surface area (Å²) in [6.45, 7) is 9.47. The molecule has 0 spiro atoms. The molecule has 104 valence electrons. The maximum absolute atomic E-state index is 12.4. The molecule has 3 nitrogen and oxygen atoms in total. The largest absolute Gasteiger partial charge is 0.384 e. The van der Waals surface area contributed by atoms with Crippen molar-refractivity contribution in [3.8, 4) is 0 Å². The number of likely N-dealkylation sites (tertiary alicyclic amines) is 1. The van der Waals surface area contributed by atoms with E-state index in [9.17, 15) is 4.79 Å². The molecule has 0 bridgehead atoms. The fraction of sp³-hybridized carbons (Fsp3) is 0.933. The molecule has 3 heteroatoms. The highest BCUT2D eigenvalue weighted by Crippen LogP contribution is 2.42. The third-order valence-electron chi connectivity index (χ3n) is 4.41. The van der Waals surface area contributed by atoms with Gasteiger partial charge >= 0.3 is 0 Å². The molecule has 2 fully saturated rings. The summed E-state index contributed by atoms with van der Waals surface area (Å²) in [6, 6.07) is 0. The van der Waals surface area contributed by atoms with Crippen LogP contribution in [-0.4, -0.2) is 37.6 Å². The van der Waals surface area contributed by atoms with Crippen LogP contribution in [0.25, 0.3) is 0 Å². The molecule has 0 aromatic heterocycles. The molecule has 2 aliphatic rings. The van der Waals surface area contributed by atoms with Gasteiger partial charge in [-0.15, -0.1) is 0 Å². The van der Waals surface area contributed by atoms with Crippen LogP contribution >= 0.6 is 0 Å². The molecule has 2 atom stereocenters. The first-order chi connectivity index (χ1) is 8.41. The molecule has 0 N–H and O–H groups in total. The van der Waals surface area contributed by atoms with Gasteiger partial charge in [0.15, 0.2) is 0 Å². The molecule has 0 aromatic rings. The van der Waals surface area contributed by atoms with E-state index in [4.69, 9.17) is 4.74 Å². The normalized spacial score (nSPS) is 32.1. The molecule has 1 amide bonds. The van der Waals surface area contributed by atoms with E-state index < -0.39 is 0 Å². The monoisotopic (exact) mass is 253 g/mol. The van der Waals surface area contributed by atoms with Crippen LogP contribution in [0.4, 0.5) is 0 Å². The quantitative estimate of drug-likeness (QED) is 0.773. The Kier molecular flexibility index (Phi) is 4.00. The highest BCUT2D eigenvalue weighted by Gasteiger charge is 2.40. The van der Waals surface area contributed by atoms with Crippen molar-refractivity contribution in [2.45, 2.75) is 40.0 Å². The standard InChI is InChI=1S/C15H27NO2/c1-11-5-13(7-15(2,3)6-11)14(17)16-8-12(9-16)10-18-4/h11-13H,5-10H2,1-4H3. The Bertz CT molecular complexity index is 308. The summed E-state index contributed by atoms with van der Waals surface area (Å²) < 4.78 is 5.13. The molecule has 1 saturated heterocycles. The van der Waals surface area contributed by atoms with Crippen molar-refractivity contribution in [3.63, 3.8) is 0 Å². The minimum absolute atomic E-state index is 0.257. The van der Waals surface area contributed by atoms with Crippen molar-refractivity contribution < 1.29 is 9.53 Å². The van der Waals surface area contributed by atoms with Gasteiger partial charge in [0, 0.05) is 32.0 Å². The number of nitrogens with zero attached hydrogens (tertiary/aromatic N) is 1. The Balaban J connectivity index is 1.86. The van der Waals surface area contributed by atoms with E-state index in [2.05, 4.69) is 20.8 Å². The molecule has 1 heterocycles. The van der Waals surface area contributed by atoms with Gasteiger partial charge in [0.05, 0.1) is 6.61 Å².